The van der Waals surface area contributed by atoms with Crippen molar-refractivity contribution in [2.45, 2.75) is 18.9 Å². The third-order valence-electron chi connectivity index (χ3n) is 2.89. The van der Waals surface area contributed by atoms with E-state index in [0.717, 1.165) is 25.1 Å². The molecule has 0 heterocycles. The Morgan fingerprint density at radius 3 is 2.88 bits per heavy atom. The highest BCUT2D eigenvalue weighted by Crippen LogP contribution is 2.28. The highest BCUT2D eigenvalue weighted by atomic mass is 35.5. The van der Waals surface area contributed by atoms with Crippen molar-refractivity contribution in [2.75, 3.05) is 11.9 Å². The number of aliphatic hydroxyl groups is 1. The fourth-order valence-electron chi connectivity index (χ4n) is 1.88. The van der Waals surface area contributed by atoms with E-state index in [1.807, 2.05) is 6.07 Å². The lowest BCUT2D eigenvalue weighted by molar-refractivity contribution is 0.0487. The van der Waals surface area contributed by atoms with Gasteiger partial charge in [0.05, 0.1) is 17.4 Å². The number of hydrogen-bond donors (Lipinski definition) is 2. The second-order valence-corrected chi connectivity index (χ2v) is 4.61. The van der Waals surface area contributed by atoms with Gasteiger partial charge in [0, 0.05) is 11.6 Å². The zero-order valence-electron chi connectivity index (χ0n) is 8.78. The molecule has 1 aliphatic carbocycles. The van der Waals surface area contributed by atoms with Crippen molar-refractivity contribution < 1.29 is 5.11 Å². The zero-order valence-corrected chi connectivity index (χ0v) is 9.54. The standard InChI is InChI=1S/C12H13ClN2O/c13-10-1-2-12(9(5-10)6-14)15-7-8-3-11(16)4-8/h1-2,5,8,11,15-16H,3-4,7H2. The first-order valence-corrected chi connectivity index (χ1v) is 5.68. The number of halogens is 1. The normalized spacial score (nSPS) is 23.3. The van der Waals surface area contributed by atoms with Crippen LogP contribution in [0.15, 0.2) is 18.2 Å². The van der Waals surface area contributed by atoms with E-state index >= 15 is 0 Å². The average Bonchev–Trinajstić information content (AvgIpc) is 2.24. The Kier molecular flexibility index (Phi) is 3.33. The van der Waals surface area contributed by atoms with Gasteiger partial charge in [-0.1, -0.05) is 11.6 Å². The minimum Gasteiger partial charge on any atom is -0.393 e. The van der Waals surface area contributed by atoms with Crippen molar-refractivity contribution in [2.24, 2.45) is 5.92 Å². The van der Waals surface area contributed by atoms with Crippen LogP contribution in [0.2, 0.25) is 5.02 Å². The van der Waals surface area contributed by atoms with E-state index in [2.05, 4.69) is 11.4 Å². The summed E-state index contributed by atoms with van der Waals surface area (Å²) in [6, 6.07) is 7.34. The SMILES string of the molecule is N#Cc1cc(Cl)ccc1NCC1CC(O)C1. The molecule has 84 valence electrons. The molecule has 2 rings (SSSR count). The lowest BCUT2D eigenvalue weighted by Crippen LogP contribution is -2.33. The molecule has 0 radical (unpaired) electrons. The van der Waals surface area contributed by atoms with Crippen LogP contribution in [0.1, 0.15) is 18.4 Å². The molecule has 0 saturated heterocycles. The molecule has 1 aliphatic rings. The van der Waals surface area contributed by atoms with Crippen LogP contribution < -0.4 is 5.32 Å². The molecule has 2 N–H and O–H groups in total. The summed E-state index contributed by atoms with van der Waals surface area (Å²) in [5.41, 5.74) is 1.38. The summed E-state index contributed by atoms with van der Waals surface area (Å²) in [7, 11) is 0. The van der Waals surface area contributed by atoms with Gasteiger partial charge in [-0.15, -0.1) is 0 Å². The molecule has 3 nitrogen and oxygen atoms in total. The molecule has 0 atom stereocenters. The summed E-state index contributed by atoms with van der Waals surface area (Å²) in [5, 5.41) is 21.9. The van der Waals surface area contributed by atoms with E-state index in [0.29, 0.717) is 16.5 Å². The van der Waals surface area contributed by atoms with Gasteiger partial charge in [0.2, 0.25) is 0 Å². The van der Waals surface area contributed by atoms with E-state index in [9.17, 15) is 0 Å². The van der Waals surface area contributed by atoms with E-state index < -0.39 is 0 Å². The fraction of sp³-hybridized carbons (Fsp3) is 0.417. The maximum Gasteiger partial charge on any atom is 0.101 e. The Labute approximate surface area is 99.7 Å². The van der Waals surface area contributed by atoms with Crippen molar-refractivity contribution in [3.8, 4) is 6.07 Å². The van der Waals surface area contributed by atoms with Crippen molar-refractivity contribution >= 4 is 17.3 Å². The van der Waals surface area contributed by atoms with E-state index in [1.54, 1.807) is 12.1 Å². The number of nitriles is 1. The highest BCUT2D eigenvalue weighted by Gasteiger charge is 2.26. The second-order valence-electron chi connectivity index (χ2n) is 4.17. The first-order valence-electron chi connectivity index (χ1n) is 5.30. The van der Waals surface area contributed by atoms with Crippen LogP contribution in [0, 0.1) is 17.2 Å². The highest BCUT2D eigenvalue weighted by molar-refractivity contribution is 6.30. The number of hydrogen-bond acceptors (Lipinski definition) is 3. The van der Waals surface area contributed by atoms with Gasteiger partial charge in [-0.3, -0.25) is 0 Å². The predicted molar refractivity (Wildman–Crippen MR) is 63.4 cm³/mol. The van der Waals surface area contributed by atoms with Crippen LogP contribution in [0.3, 0.4) is 0 Å². The Morgan fingerprint density at radius 1 is 1.50 bits per heavy atom. The van der Waals surface area contributed by atoms with Crippen LogP contribution in [-0.2, 0) is 0 Å². The molecule has 4 heteroatoms. The van der Waals surface area contributed by atoms with Crippen LogP contribution >= 0.6 is 11.6 Å². The van der Waals surface area contributed by atoms with Crippen LogP contribution in [-0.4, -0.2) is 17.8 Å². The fourth-order valence-corrected chi connectivity index (χ4v) is 2.06. The maximum absolute atomic E-state index is 9.16. The number of nitrogens with zero attached hydrogens (tertiary/aromatic N) is 1. The quantitative estimate of drug-likeness (QED) is 0.847. The van der Waals surface area contributed by atoms with E-state index in [4.69, 9.17) is 22.0 Å². The second kappa shape index (κ2) is 4.73. The molecule has 0 amide bonds. The van der Waals surface area contributed by atoms with Crippen molar-refractivity contribution in [3.63, 3.8) is 0 Å². The largest absolute Gasteiger partial charge is 0.393 e. The van der Waals surface area contributed by atoms with Gasteiger partial charge >= 0.3 is 0 Å². The van der Waals surface area contributed by atoms with Crippen LogP contribution in [0.25, 0.3) is 0 Å². The van der Waals surface area contributed by atoms with Gasteiger partial charge < -0.3 is 10.4 Å². The van der Waals surface area contributed by atoms with Gasteiger partial charge in [0.1, 0.15) is 6.07 Å². The summed E-state index contributed by atoms with van der Waals surface area (Å²) in [5.74, 6) is 0.511. The summed E-state index contributed by atoms with van der Waals surface area (Å²) >= 11 is 5.80. The van der Waals surface area contributed by atoms with E-state index in [1.165, 1.54) is 0 Å². The Hall–Kier alpha value is -1.24. The molecular formula is C12H13ClN2O. The number of benzene rings is 1. The first kappa shape index (κ1) is 11.3. The third-order valence-corrected chi connectivity index (χ3v) is 3.13. The van der Waals surface area contributed by atoms with Gasteiger partial charge in [-0.25, -0.2) is 0 Å². The topological polar surface area (TPSA) is 56.0 Å². The molecule has 0 aliphatic heterocycles. The Bertz CT molecular complexity index is 422. The average molecular weight is 237 g/mol. The molecule has 1 aromatic rings. The smallest absolute Gasteiger partial charge is 0.101 e. The van der Waals surface area contributed by atoms with Gasteiger partial charge in [0.15, 0.2) is 0 Å². The predicted octanol–water partition coefficient (Wildman–Crippen LogP) is 2.39. The van der Waals surface area contributed by atoms with Gasteiger partial charge in [-0.05, 0) is 37.0 Å². The minimum atomic E-state index is -0.132. The molecule has 0 spiro atoms. The number of nitrogens with one attached hydrogen (secondary N) is 1. The monoisotopic (exact) mass is 236 g/mol. The molecule has 1 aromatic carbocycles. The van der Waals surface area contributed by atoms with Crippen LogP contribution in [0.5, 0.6) is 0 Å². The molecule has 0 unspecified atom stereocenters. The maximum atomic E-state index is 9.16. The molecular weight excluding hydrogens is 224 g/mol. The lowest BCUT2D eigenvalue weighted by Gasteiger charge is -2.31. The summed E-state index contributed by atoms with van der Waals surface area (Å²) < 4.78 is 0. The van der Waals surface area contributed by atoms with E-state index in [-0.39, 0.29) is 6.10 Å². The third kappa shape index (κ3) is 2.46. The van der Waals surface area contributed by atoms with Crippen molar-refractivity contribution in [3.05, 3.63) is 28.8 Å². The van der Waals surface area contributed by atoms with Crippen molar-refractivity contribution in [1.29, 1.82) is 5.26 Å². The number of anilines is 1. The summed E-state index contributed by atoms with van der Waals surface area (Å²) in [4.78, 5) is 0. The Balaban J connectivity index is 1.96. The summed E-state index contributed by atoms with van der Waals surface area (Å²) in [6.07, 6.45) is 1.57. The first-order chi connectivity index (χ1) is 7.69. The van der Waals surface area contributed by atoms with Gasteiger partial charge in [-0.2, -0.15) is 5.26 Å². The number of rotatable bonds is 3. The Morgan fingerprint density at radius 2 is 2.25 bits per heavy atom. The van der Waals surface area contributed by atoms with Crippen molar-refractivity contribution in [1.82, 2.24) is 0 Å². The lowest BCUT2D eigenvalue weighted by atomic mass is 9.82. The minimum absolute atomic E-state index is 0.132. The molecule has 1 saturated carbocycles. The zero-order chi connectivity index (χ0) is 11.5. The molecule has 0 bridgehead atoms. The summed E-state index contributed by atoms with van der Waals surface area (Å²) in [6.45, 7) is 0.799. The molecule has 1 fully saturated rings. The van der Waals surface area contributed by atoms with Crippen LogP contribution in [0.4, 0.5) is 5.69 Å². The number of aliphatic hydroxyl groups excluding tert-OH is 1. The molecule has 0 aromatic heterocycles. The van der Waals surface area contributed by atoms with Gasteiger partial charge in [0.25, 0.3) is 0 Å². The molecule has 16 heavy (non-hydrogen) atoms.